The molecule has 1 saturated heterocycles. The Morgan fingerprint density at radius 2 is 1.86 bits per heavy atom. The summed E-state index contributed by atoms with van der Waals surface area (Å²) in [6.07, 6.45) is 8.23. The van der Waals surface area contributed by atoms with Crippen molar-refractivity contribution in [2.45, 2.75) is 44.9 Å². The predicted molar refractivity (Wildman–Crippen MR) is 85.1 cm³/mol. The molecule has 0 aromatic heterocycles. The number of likely N-dealkylation sites (tertiary alicyclic amines) is 1. The molecule has 2 fully saturated rings. The van der Waals surface area contributed by atoms with Crippen LogP contribution in [0.4, 0.5) is 0 Å². The molecule has 2 rings (SSSR count). The zero-order valence-electron chi connectivity index (χ0n) is 13.4. The maximum atomic E-state index is 12.3. The van der Waals surface area contributed by atoms with Crippen molar-refractivity contribution < 1.29 is 14.7 Å². The molecule has 2 aliphatic rings. The number of piperidine rings is 1. The van der Waals surface area contributed by atoms with Crippen molar-refractivity contribution in [1.82, 2.24) is 10.2 Å². The molecule has 0 unspecified atom stereocenters. The van der Waals surface area contributed by atoms with Crippen molar-refractivity contribution in [3.63, 3.8) is 0 Å². The van der Waals surface area contributed by atoms with Gasteiger partial charge >= 0.3 is 0 Å². The molecule has 5 nitrogen and oxygen atoms in total. The summed E-state index contributed by atoms with van der Waals surface area (Å²) in [6, 6.07) is 0. The quantitative estimate of drug-likeness (QED) is 0.756. The molecule has 5 heteroatoms. The smallest absolute Gasteiger partial charge is 0.245 e. The van der Waals surface area contributed by atoms with Crippen LogP contribution in [0, 0.1) is 11.3 Å². The number of aliphatic hydroxyl groups excluding tert-OH is 1. The Morgan fingerprint density at radius 3 is 2.41 bits per heavy atom. The standard InChI is InChI=1S/C17H28N2O3/c1-2-15(21)19-10-6-14(7-11-19)16(22)18-12-17(13-20)8-4-3-5-9-17/h2,14,20H,1,3-13H2,(H,18,22). The fourth-order valence-corrected chi connectivity index (χ4v) is 3.60. The fourth-order valence-electron chi connectivity index (χ4n) is 3.60. The first kappa shape index (κ1) is 17.0. The maximum absolute atomic E-state index is 12.3. The van der Waals surface area contributed by atoms with Crippen LogP contribution in [0.5, 0.6) is 0 Å². The second-order valence-electron chi connectivity index (χ2n) is 6.74. The van der Waals surface area contributed by atoms with Gasteiger partial charge in [-0.1, -0.05) is 25.8 Å². The summed E-state index contributed by atoms with van der Waals surface area (Å²) in [4.78, 5) is 25.6. The Hall–Kier alpha value is -1.36. The van der Waals surface area contributed by atoms with Crippen molar-refractivity contribution in [2.24, 2.45) is 11.3 Å². The normalized spacial score (nSPS) is 22.1. The van der Waals surface area contributed by atoms with E-state index in [1.807, 2.05) is 0 Å². The lowest BCUT2D eigenvalue weighted by Gasteiger charge is -2.36. The van der Waals surface area contributed by atoms with E-state index in [9.17, 15) is 14.7 Å². The molecule has 124 valence electrons. The van der Waals surface area contributed by atoms with Gasteiger partial charge in [0.05, 0.1) is 6.61 Å². The zero-order valence-corrected chi connectivity index (χ0v) is 13.4. The first-order valence-corrected chi connectivity index (χ1v) is 8.40. The van der Waals surface area contributed by atoms with Crippen LogP contribution in [-0.4, -0.2) is 48.1 Å². The van der Waals surface area contributed by atoms with Crippen LogP contribution in [0.25, 0.3) is 0 Å². The van der Waals surface area contributed by atoms with Gasteiger partial charge in [-0.2, -0.15) is 0 Å². The van der Waals surface area contributed by atoms with E-state index in [-0.39, 0.29) is 29.8 Å². The Balaban J connectivity index is 1.78. The number of carbonyl (C=O) groups is 2. The lowest BCUT2D eigenvalue weighted by Crippen LogP contribution is -2.46. The lowest BCUT2D eigenvalue weighted by molar-refractivity contribution is -0.132. The van der Waals surface area contributed by atoms with E-state index in [1.54, 1.807) is 4.90 Å². The third kappa shape index (κ3) is 4.09. The topological polar surface area (TPSA) is 69.6 Å². The van der Waals surface area contributed by atoms with Gasteiger partial charge in [-0.3, -0.25) is 9.59 Å². The number of hydrogen-bond donors (Lipinski definition) is 2. The average molecular weight is 308 g/mol. The van der Waals surface area contributed by atoms with Gasteiger partial charge in [-0.15, -0.1) is 0 Å². The molecule has 1 heterocycles. The van der Waals surface area contributed by atoms with Gasteiger partial charge in [0.25, 0.3) is 0 Å². The molecule has 0 atom stereocenters. The number of hydrogen-bond acceptors (Lipinski definition) is 3. The molecule has 0 radical (unpaired) electrons. The van der Waals surface area contributed by atoms with Gasteiger partial charge < -0.3 is 15.3 Å². The highest BCUT2D eigenvalue weighted by Gasteiger charge is 2.33. The Labute approximate surface area is 132 Å². The second kappa shape index (κ2) is 7.77. The number of nitrogens with one attached hydrogen (secondary N) is 1. The van der Waals surface area contributed by atoms with E-state index in [2.05, 4.69) is 11.9 Å². The number of rotatable bonds is 5. The van der Waals surface area contributed by atoms with Crippen LogP contribution >= 0.6 is 0 Å². The molecular formula is C17H28N2O3. The maximum Gasteiger partial charge on any atom is 0.245 e. The van der Waals surface area contributed by atoms with E-state index in [0.717, 1.165) is 25.7 Å². The Kier molecular flexibility index (Phi) is 6.00. The van der Waals surface area contributed by atoms with Crippen molar-refractivity contribution in [3.05, 3.63) is 12.7 Å². The Morgan fingerprint density at radius 1 is 1.23 bits per heavy atom. The largest absolute Gasteiger partial charge is 0.396 e. The van der Waals surface area contributed by atoms with Crippen LogP contribution < -0.4 is 5.32 Å². The minimum Gasteiger partial charge on any atom is -0.396 e. The van der Waals surface area contributed by atoms with Crippen LogP contribution in [0.1, 0.15) is 44.9 Å². The number of aliphatic hydroxyl groups is 1. The van der Waals surface area contributed by atoms with Gasteiger partial charge in [-0.05, 0) is 31.8 Å². The van der Waals surface area contributed by atoms with Gasteiger partial charge in [-0.25, -0.2) is 0 Å². The van der Waals surface area contributed by atoms with Gasteiger partial charge in [0.2, 0.25) is 11.8 Å². The van der Waals surface area contributed by atoms with Gasteiger partial charge in [0.1, 0.15) is 0 Å². The van der Waals surface area contributed by atoms with E-state index in [1.165, 1.54) is 12.5 Å². The molecule has 0 spiro atoms. The first-order chi connectivity index (χ1) is 10.6. The van der Waals surface area contributed by atoms with Crippen molar-refractivity contribution in [3.8, 4) is 0 Å². The second-order valence-corrected chi connectivity index (χ2v) is 6.74. The highest BCUT2D eigenvalue weighted by Crippen LogP contribution is 2.35. The third-order valence-corrected chi connectivity index (χ3v) is 5.24. The zero-order chi connectivity index (χ0) is 16.0. The van der Waals surface area contributed by atoms with Crippen molar-refractivity contribution >= 4 is 11.8 Å². The summed E-state index contributed by atoms with van der Waals surface area (Å²) in [5.41, 5.74) is -0.118. The van der Waals surface area contributed by atoms with Gasteiger partial charge in [0.15, 0.2) is 0 Å². The molecule has 1 aliphatic carbocycles. The highest BCUT2D eigenvalue weighted by atomic mass is 16.3. The summed E-state index contributed by atoms with van der Waals surface area (Å²) in [6.45, 7) is 5.46. The van der Waals surface area contributed by atoms with E-state index in [0.29, 0.717) is 32.5 Å². The predicted octanol–water partition coefficient (Wildman–Crippen LogP) is 1.47. The molecule has 1 aliphatic heterocycles. The van der Waals surface area contributed by atoms with Crippen molar-refractivity contribution in [1.29, 1.82) is 0 Å². The van der Waals surface area contributed by atoms with Crippen molar-refractivity contribution in [2.75, 3.05) is 26.2 Å². The van der Waals surface area contributed by atoms with Gasteiger partial charge in [0, 0.05) is 31.0 Å². The molecule has 0 bridgehead atoms. The lowest BCUT2D eigenvalue weighted by atomic mass is 9.74. The first-order valence-electron chi connectivity index (χ1n) is 8.40. The van der Waals surface area contributed by atoms with E-state index >= 15 is 0 Å². The van der Waals surface area contributed by atoms with Crippen LogP contribution in [-0.2, 0) is 9.59 Å². The molecule has 0 aromatic rings. The number of nitrogens with zero attached hydrogens (tertiary/aromatic N) is 1. The van der Waals surface area contributed by atoms with Crippen LogP contribution in [0.15, 0.2) is 12.7 Å². The Bertz CT molecular complexity index is 408. The molecule has 2 amide bonds. The summed E-state index contributed by atoms with van der Waals surface area (Å²) in [5, 5.41) is 12.7. The minimum atomic E-state index is -0.118. The summed E-state index contributed by atoms with van der Waals surface area (Å²) >= 11 is 0. The molecule has 0 aromatic carbocycles. The van der Waals surface area contributed by atoms with E-state index < -0.39 is 0 Å². The monoisotopic (exact) mass is 308 g/mol. The average Bonchev–Trinajstić information content (AvgIpc) is 2.60. The fraction of sp³-hybridized carbons (Fsp3) is 0.765. The minimum absolute atomic E-state index is 0.0202. The highest BCUT2D eigenvalue weighted by molar-refractivity contribution is 5.87. The molecule has 2 N–H and O–H groups in total. The third-order valence-electron chi connectivity index (χ3n) is 5.24. The summed E-state index contributed by atoms with van der Waals surface area (Å²) < 4.78 is 0. The molecule has 22 heavy (non-hydrogen) atoms. The summed E-state index contributed by atoms with van der Waals surface area (Å²) in [5.74, 6) is -0.00223. The van der Waals surface area contributed by atoms with E-state index in [4.69, 9.17) is 0 Å². The van der Waals surface area contributed by atoms with Crippen LogP contribution in [0.2, 0.25) is 0 Å². The SMILES string of the molecule is C=CC(=O)N1CCC(C(=O)NCC2(CO)CCCCC2)CC1. The summed E-state index contributed by atoms with van der Waals surface area (Å²) in [7, 11) is 0. The molecule has 1 saturated carbocycles. The van der Waals surface area contributed by atoms with Crippen LogP contribution in [0.3, 0.4) is 0 Å². The number of carbonyl (C=O) groups excluding carboxylic acids is 2. The molecular weight excluding hydrogens is 280 g/mol. The number of amides is 2.